The Labute approximate surface area is 222 Å². The standard InChI is InChI=1S/C28H27F3N4O4/c1-34-22-13-19(27(36)37)14-23(39-28(30)31)26(22)33-24(34)15-35-11-9-17(10-12-35)21-7-4-8-25(32-21)38-16-18-5-2-3-6-20(18)29/h2-8,13-14,17,28H,9-12,15-16H2,1H3,(H,36,37). The van der Waals surface area contributed by atoms with E-state index >= 15 is 0 Å². The number of imidazole rings is 1. The molecule has 1 aliphatic rings. The monoisotopic (exact) mass is 540 g/mol. The van der Waals surface area contributed by atoms with Gasteiger partial charge in [0.1, 0.15) is 23.8 Å². The van der Waals surface area contributed by atoms with Gasteiger partial charge in [0, 0.05) is 30.3 Å². The first-order valence-corrected chi connectivity index (χ1v) is 12.5. The van der Waals surface area contributed by atoms with Gasteiger partial charge in [-0.3, -0.25) is 4.90 Å². The number of pyridine rings is 1. The number of carboxylic acid groups (broad SMARTS) is 1. The number of ether oxygens (including phenoxy) is 2. The second kappa shape index (κ2) is 11.3. The van der Waals surface area contributed by atoms with Gasteiger partial charge in [0.25, 0.3) is 0 Å². The SMILES string of the molecule is Cn1c(CN2CCC(c3cccc(OCc4ccccc4F)n3)CC2)nc2c(OC(F)F)cc(C(=O)O)cc21. The molecule has 11 heteroatoms. The number of rotatable bonds is 9. The van der Waals surface area contributed by atoms with Gasteiger partial charge in [0.2, 0.25) is 5.88 Å². The number of alkyl halides is 2. The van der Waals surface area contributed by atoms with E-state index in [2.05, 4.69) is 19.6 Å². The van der Waals surface area contributed by atoms with E-state index in [1.54, 1.807) is 35.9 Å². The maximum absolute atomic E-state index is 13.9. The van der Waals surface area contributed by atoms with Crippen molar-refractivity contribution in [2.75, 3.05) is 13.1 Å². The van der Waals surface area contributed by atoms with Crippen LogP contribution in [0.2, 0.25) is 0 Å². The molecule has 0 spiro atoms. The zero-order valence-corrected chi connectivity index (χ0v) is 21.2. The highest BCUT2D eigenvalue weighted by molar-refractivity contribution is 5.95. The lowest BCUT2D eigenvalue weighted by atomic mass is 9.93. The lowest BCUT2D eigenvalue weighted by Gasteiger charge is -2.31. The fourth-order valence-corrected chi connectivity index (χ4v) is 4.85. The summed E-state index contributed by atoms with van der Waals surface area (Å²) in [7, 11) is 1.73. The van der Waals surface area contributed by atoms with Crippen molar-refractivity contribution in [3.63, 3.8) is 0 Å². The lowest BCUT2D eigenvalue weighted by Crippen LogP contribution is -2.33. The van der Waals surface area contributed by atoms with Gasteiger partial charge in [-0.05, 0) is 50.2 Å². The van der Waals surface area contributed by atoms with E-state index in [0.29, 0.717) is 29.3 Å². The Morgan fingerprint density at radius 2 is 1.87 bits per heavy atom. The Morgan fingerprint density at radius 1 is 1.10 bits per heavy atom. The van der Waals surface area contributed by atoms with E-state index in [0.717, 1.165) is 37.7 Å². The number of nitrogens with zero attached hydrogens (tertiary/aromatic N) is 4. The Balaban J connectivity index is 1.24. The highest BCUT2D eigenvalue weighted by Gasteiger charge is 2.25. The minimum atomic E-state index is -3.10. The number of aryl methyl sites for hydroxylation is 1. The first-order valence-electron chi connectivity index (χ1n) is 12.5. The van der Waals surface area contributed by atoms with E-state index in [-0.39, 0.29) is 35.2 Å². The van der Waals surface area contributed by atoms with Crippen LogP contribution in [0.5, 0.6) is 11.6 Å². The highest BCUT2D eigenvalue weighted by Crippen LogP contribution is 2.32. The summed E-state index contributed by atoms with van der Waals surface area (Å²) < 4.78 is 51.8. The molecule has 0 radical (unpaired) electrons. The van der Waals surface area contributed by atoms with Crippen LogP contribution in [-0.2, 0) is 20.2 Å². The van der Waals surface area contributed by atoms with E-state index in [1.807, 2.05) is 12.1 Å². The molecule has 204 valence electrons. The van der Waals surface area contributed by atoms with Crippen LogP contribution in [0.4, 0.5) is 13.2 Å². The molecule has 1 N–H and O–H groups in total. The predicted molar refractivity (Wildman–Crippen MR) is 137 cm³/mol. The van der Waals surface area contributed by atoms with Crippen LogP contribution < -0.4 is 9.47 Å². The molecular formula is C28H27F3N4O4. The molecule has 2 aromatic heterocycles. The van der Waals surface area contributed by atoms with Gasteiger partial charge in [-0.15, -0.1) is 0 Å². The fourth-order valence-electron chi connectivity index (χ4n) is 4.85. The molecule has 39 heavy (non-hydrogen) atoms. The molecule has 0 unspecified atom stereocenters. The maximum atomic E-state index is 13.9. The maximum Gasteiger partial charge on any atom is 0.387 e. The van der Waals surface area contributed by atoms with E-state index in [4.69, 9.17) is 4.74 Å². The van der Waals surface area contributed by atoms with Crippen molar-refractivity contribution >= 4 is 17.0 Å². The highest BCUT2D eigenvalue weighted by atomic mass is 19.3. The summed E-state index contributed by atoms with van der Waals surface area (Å²) >= 11 is 0. The van der Waals surface area contributed by atoms with E-state index < -0.39 is 12.6 Å². The molecule has 8 nitrogen and oxygen atoms in total. The average molecular weight is 541 g/mol. The molecule has 0 atom stereocenters. The zero-order chi connectivity index (χ0) is 27.5. The molecular weight excluding hydrogens is 513 g/mol. The first-order chi connectivity index (χ1) is 18.8. The number of halogens is 3. The minimum Gasteiger partial charge on any atom is -0.478 e. The van der Waals surface area contributed by atoms with E-state index in [9.17, 15) is 23.1 Å². The van der Waals surface area contributed by atoms with Gasteiger partial charge in [-0.2, -0.15) is 8.78 Å². The van der Waals surface area contributed by atoms with Crippen LogP contribution in [0.1, 0.15) is 46.2 Å². The van der Waals surface area contributed by atoms with Gasteiger partial charge in [-0.1, -0.05) is 24.3 Å². The second-order valence-electron chi connectivity index (χ2n) is 9.44. The summed E-state index contributed by atoms with van der Waals surface area (Å²) in [5, 5.41) is 9.38. The summed E-state index contributed by atoms with van der Waals surface area (Å²) in [6.07, 6.45) is 1.69. The number of piperidine rings is 1. The number of hydrogen-bond donors (Lipinski definition) is 1. The molecule has 1 saturated heterocycles. The second-order valence-corrected chi connectivity index (χ2v) is 9.44. The van der Waals surface area contributed by atoms with Crippen LogP contribution in [0.25, 0.3) is 11.0 Å². The van der Waals surface area contributed by atoms with Crippen molar-refractivity contribution in [1.82, 2.24) is 19.4 Å². The Morgan fingerprint density at radius 3 is 2.59 bits per heavy atom. The molecule has 5 rings (SSSR count). The normalized spacial score (nSPS) is 14.7. The number of carboxylic acids is 1. The van der Waals surface area contributed by atoms with E-state index in [1.165, 1.54) is 12.1 Å². The summed E-state index contributed by atoms with van der Waals surface area (Å²) in [4.78, 5) is 22.9. The van der Waals surface area contributed by atoms with Gasteiger partial charge in [0.15, 0.2) is 5.75 Å². The third-order valence-electron chi connectivity index (χ3n) is 6.96. The van der Waals surface area contributed by atoms with Gasteiger partial charge in [-0.25, -0.2) is 19.2 Å². The van der Waals surface area contributed by atoms with Crippen molar-refractivity contribution in [2.24, 2.45) is 7.05 Å². The fraction of sp³-hybridized carbons (Fsp3) is 0.321. The van der Waals surface area contributed by atoms with Crippen molar-refractivity contribution in [3.05, 3.63) is 83.1 Å². The number of benzene rings is 2. The molecule has 0 saturated carbocycles. The van der Waals surface area contributed by atoms with Crippen molar-refractivity contribution in [3.8, 4) is 11.6 Å². The Kier molecular flexibility index (Phi) is 7.69. The zero-order valence-electron chi connectivity index (χ0n) is 21.2. The van der Waals surface area contributed by atoms with Crippen molar-refractivity contribution in [1.29, 1.82) is 0 Å². The van der Waals surface area contributed by atoms with Gasteiger partial charge < -0.3 is 19.1 Å². The molecule has 4 aromatic rings. The third kappa shape index (κ3) is 5.98. The number of carbonyl (C=O) groups is 1. The van der Waals surface area contributed by atoms with Crippen LogP contribution in [-0.4, -0.2) is 50.2 Å². The number of hydrogen-bond acceptors (Lipinski definition) is 6. The van der Waals surface area contributed by atoms with Crippen LogP contribution in [0.3, 0.4) is 0 Å². The van der Waals surface area contributed by atoms with Crippen LogP contribution >= 0.6 is 0 Å². The third-order valence-corrected chi connectivity index (χ3v) is 6.96. The summed E-state index contributed by atoms with van der Waals surface area (Å²) in [6.45, 7) is -1.02. The number of aromatic nitrogens is 3. The number of likely N-dealkylation sites (tertiary alicyclic amines) is 1. The largest absolute Gasteiger partial charge is 0.478 e. The smallest absolute Gasteiger partial charge is 0.387 e. The first kappa shape index (κ1) is 26.5. The molecule has 0 aliphatic carbocycles. The quantitative estimate of drug-likeness (QED) is 0.306. The Hall–Kier alpha value is -4.12. The molecule has 2 aromatic carbocycles. The number of aromatic carboxylic acids is 1. The van der Waals surface area contributed by atoms with Crippen molar-refractivity contribution < 1.29 is 32.5 Å². The lowest BCUT2D eigenvalue weighted by molar-refractivity contribution is -0.0489. The van der Waals surface area contributed by atoms with Gasteiger partial charge >= 0.3 is 12.6 Å². The number of fused-ring (bicyclic) bond motifs is 1. The topological polar surface area (TPSA) is 89.7 Å². The average Bonchev–Trinajstić information content (AvgIpc) is 3.23. The summed E-state index contributed by atoms with van der Waals surface area (Å²) in [5.41, 5.74) is 1.84. The Bertz CT molecular complexity index is 1490. The predicted octanol–water partition coefficient (Wildman–Crippen LogP) is 5.37. The van der Waals surface area contributed by atoms with Crippen LogP contribution in [0.15, 0.2) is 54.6 Å². The summed E-state index contributed by atoms with van der Waals surface area (Å²) in [5.74, 6) is -0.531. The summed E-state index contributed by atoms with van der Waals surface area (Å²) in [6, 6.07) is 14.6. The van der Waals surface area contributed by atoms with Crippen molar-refractivity contribution in [2.45, 2.75) is 38.5 Å². The minimum absolute atomic E-state index is 0.0949. The van der Waals surface area contributed by atoms with Gasteiger partial charge in [0.05, 0.1) is 17.6 Å². The van der Waals surface area contributed by atoms with Crippen LogP contribution in [0, 0.1) is 5.82 Å². The molecule has 0 bridgehead atoms. The molecule has 1 fully saturated rings. The molecule has 0 amide bonds. The molecule has 3 heterocycles. The molecule has 1 aliphatic heterocycles.